The average Bonchev–Trinajstić information content (AvgIpc) is 2.90. The fraction of sp³-hybridized carbons (Fsp3) is 0. The molecule has 0 aromatic carbocycles. The lowest BCUT2D eigenvalue weighted by Gasteiger charge is -2.04. The third kappa shape index (κ3) is 2.97. The van der Waals surface area contributed by atoms with E-state index in [-0.39, 0.29) is 33.6 Å². The minimum atomic E-state index is -0.362. The molecule has 0 bridgehead atoms. The number of nitrogen functional groups attached to an aromatic ring is 2. The van der Waals surface area contributed by atoms with Crippen LogP contribution < -0.4 is 17.0 Å². The standard InChI is InChI=1S/C10H9N9OS/c11-5-4-6(20)15-9(14-5)21-10-17-7(12)16-8(18-10)19-3-1-2-13-19/h1-4H,(H3,11,14,15,20)(H2,12,16,17,18). The smallest absolute Gasteiger partial charge is 0.256 e. The molecule has 5 N–H and O–H groups in total. The zero-order chi connectivity index (χ0) is 14.8. The van der Waals surface area contributed by atoms with Gasteiger partial charge >= 0.3 is 0 Å². The number of aromatic nitrogens is 7. The second-order valence-electron chi connectivity index (χ2n) is 3.80. The minimum Gasteiger partial charge on any atom is -0.383 e. The quantitative estimate of drug-likeness (QED) is 0.541. The van der Waals surface area contributed by atoms with E-state index in [0.29, 0.717) is 0 Å². The minimum absolute atomic E-state index is 0.0317. The number of nitrogens with zero attached hydrogens (tertiary/aromatic N) is 6. The summed E-state index contributed by atoms with van der Waals surface area (Å²) in [5, 5.41) is 4.54. The van der Waals surface area contributed by atoms with E-state index in [9.17, 15) is 4.79 Å². The number of nitrogens with two attached hydrogens (primary N) is 2. The molecule has 0 aliphatic heterocycles. The van der Waals surface area contributed by atoms with Crippen molar-refractivity contribution in [1.29, 1.82) is 0 Å². The second kappa shape index (κ2) is 5.20. The monoisotopic (exact) mass is 303 g/mol. The molecule has 0 spiro atoms. The van der Waals surface area contributed by atoms with Crippen molar-refractivity contribution in [2.45, 2.75) is 10.3 Å². The number of hydrogen-bond donors (Lipinski definition) is 3. The Morgan fingerprint density at radius 3 is 2.76 bits per heavy atom. The van der Waals surface area contributed by atoms with Crippen molar-refractivity contribution in [3.63, 3.8) is 0 Å². The highest BCUT2D eigenvalue weighted by Crippen LogP contribution is 2.21. The van der Waals surface area contributed by atoms with Crippen molar-refractivity contribution in [2.24, 2.45) is 0 Å². The second-order valence-corrected chi connectivity index (χ2v) is 4.76. The van der Waals surface area contributed by atoms with Gasteiger partial charge in [-0.05, 0) is 17.8 Å². The van der Waals surface area contributed by atoms with Crippen LogP contribution in [0.4, 0.5) is 11.8 Å². The van der Waals surface area contributed by atoms with Crippen LogP contribution in [0.15, 0.2) is 39.6 Å². The molecule has 0 unspecified atom stereocenters. The summed E-state index contributed by atoms with van der Waals surface area (Å²) in [4.78, 5) is 30.0. The lowest BCUT2D eigenvalue weighted by atomic mass is 10.6. The first kappa shape index (κ1) is 13.1. The van der Waals surface area contributed by atoms with E-state index in [1.165, 1.54) is 10.7 Å². The predicted octanol–water partition coefficient (Wildman–Crippen LogP) is -0.544. The molecule has 106 valence electrons. The summed E-state index contributed by atoms with van der Waals surface area (Å²) in [6.45, 7) is 0. The van der Waals surface area contributed by atoms with Gasteiger partial charge in [0.2, 0.25) is 11.1 Å². The molecule has 0 aliphatic carbocycles. The van der Waals surface area contributed by atoms with Crippen molar-refractivity contribution in [3.8, 4) is 5.95 Å². The van der Waals surface area contributed by atoms with E-state index in [0.717, 1.165) is 11.8 Å². The molecule has 3 aromatic heterocycles. The highest BCUT2D eigenvalue weighted by Gasteiger charge is 2.10. The summed E-state index contributed by atoms with van der Waals surface area (Å²) < 4.78 is 1.44. The lowest BCUT2D eigenvalue weighted by Crippen LogP contribution is -2.11. The number of hydrogen-bond acceptors (Lipinski definition) is 9. The van der Waals surface area contributed by atoms with Gasteiger partial charge in [-0.2, -0.15) is 20.1 Å². The Bertz CT molecular complexity index is 829. The van der Waals surface area contributed by atoms with Crippen LogP contribution >= 0.6 is 11.8 Å². The molecule has 0 radical (unpaired) electrons. The first-order valence-corrected chi connectivity index (χ1v) is 6.48. The van der Waals surface area contributed by atoms with Gasteiger partial charge in [0, 0.05) is 18.5 Å². The molecule has 3 rings (SSSR count). The Kier molecular flexibility index (Phi) is 3.23. The van der Waals surface area contributed by atoms with Crippen molar-refractivity contribution >= 4 is 23.5 Å². The molecule has 0 atom stereocenters. The maximum Gasteiger partial charge on any atom is 0.256 e. The SMILES string of the molecule is Nc1cc(=O)[nH]c(Sc2nc(N)nc(-n3cccn3)n2)n1. The Labute approximate surface area is 121 Å². The van der Waals surface area contributed by atoms with Gasteiger partial charge in [0.15, 0.2) is 5.16 Å². The molecule has 3 heterocycles. The number of nitrogens with one attached hydrogen (secondary N) is 1. The maximum absolute atomic E-state index is 11.3. The largest absolute Gasteiger partial charge is 0.383 e. The molecule has 0 amide bonds. The van der Waals surface area contributed by atoms with Gasteiger partial charge < -0.3 is 16.5 Å². The van der Waals surface area contributed by atoms with Gasteiger partial charge in [-0.3, -0.25) is 4.79 Å². The number of anilines is 2. The van der Waals surface area contributed by atoms with Crippen LogP contribution in [0.3, 0.4) is 0 Å². The van der Waals surface area contributed by atoms with Crippen molar-refractivity contribution in [3.05, 3.63) is 34.9 Å². The van der Waals surface area contributed by atoms with E-state index >= 15 is 0 Å². The number of rotatable bonds is 3. The highest BCUT2D eigenvalue weighted by atomic mass is 32.2. The topological polar surface area (TPSA) is 154 Å². The summed E-state index contributed by atoms with van der Waals surface area (Å²) in [5.41, 5.74) is 10.8. The molecule has 21 heavy (non-hydrogen) atoms. The van der Waals surface area contributed by atoms with Crippen LogP contribution in [-0.2, 0) is 0 Å². The number of aromatic amines is 1. The van der Waals surface area contributed by atoms with E-state index in [2.05, 4.69) is 30.0 Å². The van der Waals surface area contributed by atoms with Gasteiger partial charge in [-0.25, -0.2) is 9.67 Å². The molecule has 0 aliphatic rings. The maximum atomic E-state index is 11.3. The summed E-state index contributed by atoms with van der Waals surface area (Å²) in [5.74, 6) is 0.404. The highest BCUT2D eigenvalue weighted by molar-refractivity contribution is 7.99. The summed E-state index contributed by atoms with van der Waals surface area (Å²) >= 11 is 1.01. The van der Waals surface area contributed by atoms with Crippen LogP contribution in [-0.4, -0.2) is 34.7 Å². The molecule has 0 fully saturated rings. The normalized spacial score (nSPS) is 10.7. The molecule has 3 aromatic rings. The predicted molar refractivity (Wildman–Crippen MR) is 74.8 cm³/mol. The van der Waals surface area contributed by atoms with E-state index in [4.69, 9.17) is 11.5 Å². The Morgan fingerprint density at radius 2 is 2.05 bits per heavy atom. The van der Waals surface area contributed by atoms with Crippen molar-refractivity contribution < 1.29 is 0 Å². The molecule has 10 nitrogen and oxygen atoms in total. The number of H-pyrrole nitrogens is 1. The van der Waals surface area contributed by atoms with Crippen LogP contribution in [0.25, 0.3) is 5.95 Å². The molecular formula is C10H9N9OS. The first-order chi connectivity index (χ1) is 10.1. The Hall–Kier alpha value is -2.95. The van der Waals surface area contributed by atoms with Crippen LogP contribution in [0.2, 0.25) is 0 Å². The zero-order valence-corrected chi connectivity index (χ0v) is 11.3. The van der Waals surface area contributed by atoms with Crippen LogP contribution in [0, 0.1) is 0 Å². The fourth-order valence-electron chi connectivity index (χ4n) is 1.48. The van der Waals surface area contributed by atoms with Gasteiger partial charge in [0.1, 0.15) is 5.82 Å². The lowest BCUT2D eigenvalue weighted by molar-refractivity contribution is 0.763. The molecular weight excluding hydrogens is 294 g/mol. The van der Waals surface area contributed by atoms with Gasteiger partial charge in [0.05, 0.1) is 0 Å². The van der Waals surface area contributed by atoms with Gasteiger partial charge in [0.25, 0.3) is 11.5 Å². The summed E-state index contributed by atoms with van der Waals surface area (Å²) in [6, 6.07) is 2.91. The van der Waals surface area contributed by atoms with Gasteiger partial charge in [-0.1, -0.05) is 0 Å². The van der Waals surface area contributed by atoms with Crippen molar-refractivity contribution in [2.75, 3.05) is 11.5 Å². The summed E-state index contributed by atoms with van der Waals surface area (Å²) in [7, 11) is 0. The molecule has 0 saturated heterocycles. The van der Waals surface area contributed by atoms with Crippen LogP contribution in [0.1, 0.15) is 0 Å². The third-order valence-corrected chi connectivity index (χ3v) is 3.01. The van der Waals surface area contributed by atoms with Crippen molar-refractivity contribution in [1.82, 2.24) is 34.7 Å². The Balaban J connectivity index is 1.97. The fourth-order valence-corrected chi connectivity index (χ4v) is 2.23. The van der Waals surface area contributed by atoms with Crippen LogP contribution in [0.5, 0.6) is 0 Å². The van der Waals surface area contributed by atoms with E-state index < -0.39 is 0 Å². The van der Waals surface area contributed by atoms with E-state index in [1.807, 2.05) is 0 Å². The Morgan fingerprint density at radius 1 is 1.19 bits per heavy atom. The van der Waals surface area contributed by atoms with Gasteiger partial charge in [-0.15, -0.1) is 0 Å². The molecule has 11 heteroatoms. The first-order valence-electron chi connectivity index (χ1n) is 5.66. The average molecular weight is 303 g/mol. The van der Waals surface area contributed by atoms with E-state index in [1.54, 1.807) is 18.5 Å². The zero-order valence-electron chi connectivity index (χ0n) is 10.5. The summed E-state index contributed by atoms with van der Waals surface area (Å²) in [6.07, 6.45) is 3.26. The third-order valence-electron chi connectivity index (χ3n) is 2.26. The molecule has 0 saturated carbocycles.